The molecule has 1 aliphatic rings. The van der Waals surface area contributed by atoms with Crippen molar-refractivity contribution in [2.24, 2.45) is 0 Å². The van der Waals surface area contributed by atoms with Crippen LogP contribution >= 0.6 is 0 Å². The monoisotopic (exact) mass is 231 g/mol. The molecule has 1 atom stereocenters. The highest BCUT2D eigenvalue weighted by molar-refractivity contribution is 4.83. The van der Waals surface area contributed by atoms with E-state index in [-0.39, 0.29) is 24.9 Å². The number of hydrogen-bond acceptors (Lipinski definition) is 2. The van der Waals surface area contributed by atoms with E-state index in [4.69, 9.17) is 4.74 Å². The fourth-order valence-corrected chi connectivity index (χ4v) is 2.27. The largest absolute Gasteiger partial charge is 0.375 e. The Kier molecular flexibility index (Phi) is 5.70. The van der Waals surface area contributed by atoms with Crippen LogP contribution in [0.5, 0.6) is 0 Å². The number of hydrogen-bond donors (Lipinski definition) is 0. The topological polar surface area (TPSA) is 12.5 Å². The van der Waals surface area contributed by atoms with Gasteiger partial charge in [0.15, 0.2) is 0 Å². The predicted molar refractivity (Wildman–Crippen MR) is 65.5 cm³/mol. The highest BCUT2D eigenvalue weighted by Crippen LogP contribution is 2.23. The summed E-state index contributed by atoms with van der Waals surface area (Å²) in [5, 5.41) is 0. The van der Waals surface area contributed by atoms with E-state index in [1.54, 1.807) is 0 Å². The summed E-state index contributed by atoms with van der Waals surface area (Å²) in [5.41, 5.74) is 0.287. The van der Waals surface area contributed by atoms with Crippen LogP contribution in [0.3, 0.4) is 0 Å². The molecule has 0 amide bonds. The number of likely N-dealkylation sites (tertiary alicyclic amines) is 1. The molecule has 0 N–H and O–H groups in total. The Balaban J connectivity index is 2.40. The molecule has 0 bridgehead atoms. The minimum Gasteiger partial charge on any atom is -0.375 e. The molecule has 3 heteroatoms. The van der Waals surface area contributed by atoms with Gasteiger partial charge in [-0.25, -0.2) is 4.39 Å². The van der Waals surface area contributed by atoms with Gasteiger partial charge in [-0.1, -0.05) is 6.92 Å². The molecule has 0 aromatic carbocycles. The number of ether oxygens (including phenoxy) is 1. The molecular formula is C13H26FNO. The lowest BCUT2D eigenvalue weighted by atomic mass is 9.99. The minimum absolute atomic E-state index is 0.266. The second-order valence-electron chi connectivity index (χ2n) is 5.27. The Labute approximate surface area is 99.2 Å². The van der Waals surface area contributed by atoms with Gasteiger partial charge in [0, 0.05) is 12.1 Å². The Morgan fingerprint density at radius 1 is 1.31 bits per heavy atom. The number of nitrogens with zero attached hydrogens (tertiary/aromatic N) is 1. The van der Waals surface area contributed by atoms with Crippen molar-refractivity contribution in [1.82, 2.24) is 4.90 Å². The average molecular weight is 231 g/mol. The van der Waals surface area contributed by atoms with Gasteiger partial charge < -0.3 is 4.74 Å². The molecule has 1 fully saturated rings. The van der Waals surface area contributed by atoms with Crippen molar-refractivity contribution in [2.45, 2.75) is 58.1 Å². The van der Waals surface area contributed by atoms with Crippen molar-refractivity contribution in [3.63, 3.8) is 0 Å². The van der Waals surface area contributed by atoms with Crippen molar-refractivity contribution in [1.29, 1.82) is 0 Å². The predicted octanol–water partition coefficient (Wildman–Crippen LogP) is 3.02. The van der Waals surface area contributed by atoms with Crippen molar-refractivity contribution >= 4 is 0 Å². The zero-order valence-electron chi connectivity index (χ0n) is 11.0. The Bertz CT molecular complexity index is 196. The first kappa shape index (κ1) is 13.9. The van der Waals surface area contributed by atoms with Crippen LogP contribution in [0.4, 0.5) is 4.39 Å². The van der Waals surface area contributed by atoms with Crippen LogP contribution in [0.2, 0.25) is 0 Å². The average Bonchev–Trinajstić information content (AvgIpc) is 2.52. The lowest BCUT2D eigenvalue weighted by Gasteiger charge is -2.37. The molecule has 1 saturated heterocycles. The third kappa shape index (κ3) is 4.02. The van der Waals surface area contributed by atoms with Gasteiger partial charge >= 0.3 is 0 Å². The van der Waals surface area contributed by atoms with Gasteiger partial charge in [-0.05, 0) is 46.1 Å². The highest BCUT2D eigenvalue weighted by atomic mass is 19.1. The lowest BCUT2D eigenvalue weighted by Crippen LogP contribution is -2.44. The van der Waals surface area contributed by atoms with E-state index in [2.05, 4.69) is 25.7 Å². The first-order valence-corrected chi connectivity index (χ1v) is 6.52. The zero-order chi connectivity index (χ0) is 12.0. The first-order chi connectivity index (χ1) is 7.60. The van der Waals surface area contributed by atoms with Crippen LogP contribution in [-0.2, 0) is 4.74 Å². The Hall–Kier alpha value is -0.150. The fourth-order valence-electron chi connectivity index (χ4n) is 2.27. The van der Waals surface area contributed by atoms with E-state index in [0.29, 0.717) is 0 Å². The summed E-state index contributed by atoms with van der Waals surface area (Å²) in [6.07, 6.45) is 4.73. The molecule has 0 aromatic heterocycles. The fraction of sp³-hybridized carbons (Fsp3) is 1.00. The van der Waals surface area contributed by atoms with Gasteiger partial charge in [-0.15, -0.1) is 0 Å². The van der Waals surface area contributed by atoms with Gasteiger partial charge in [0.1, 0.15) is 6.67 Å². The van der Waals surface area contributed by atoms with Crippen LogP contribution in [-0.4, -0.2) is 42.9 Å². The molecule has 0 saturated carbocycles. The van der Waals surface area contributed by atoms with Gasteiger partial charge in [0.05, 0.1) is 12.7 Å². The van der Waals surface area contributed by atoms with Crippen molar-refractivity contribution in [3.8, 4) is 0 Å². The maximum atomic E-state index is 12.0. The normalized spacial score (nSPS) is 24.4. The molecule has 0 aromatic rings. The van der Waals surface area contributed by atoms with E-state index in [9.17, 15) is 4.39 Å². The van der Waals surface area contributed by atoms with E-state index in [1.165, 1.54) is 12.8 Å². The van der Waals surface area contributed by atoms with E-state index < -0.39 is 0 Å². The summed E-state index contributed by atoms with van der Waals surface area (Å²) in [4.78, 5) is 2.55. The third-order valence-corrected chi connectivity index (χ3v) is 3.83. The summed E-state index contributed by atoms with van der Waals surface area (Å²) in [6, 6.07) is 0. The standard InChI is InChI=1S/C13H26FNO/c1-4-13(2,3)15-9-5-6-12(7-10-15)16-11-8-14/h12H,4-11H2,1-3H3. The molecule has 1 heterocycles. The van der Waals surface area contributed by atoms with Crippen molar-refractivity contribution in [3.05, 3.63) is 0 Å². The molecule has 1 rings (SSSR count). The molecule has 16 heavy (non-hydrogen) atoms. The van der Waals surface area contributed by atoms with Crippen LogP contribution in [0, 0.1) is 0 Å². The molecule has 0 aliphatic carbocycles. The Morgan fingerprint density at radius 3 is 2.69 bits per heavy atom. The second-order valence-corrected chi connectivity index (χ2v) is 5.27. The summed E-state index contributed by atoms with van der Waals surface area (Å²) in [7, 11) is 0. The van der Waals surface area contributed by atoms with E-state index in [1.807, 2.05) is 0 Å². The third-order valence-electron chi connectivity index (χ3n) is 3.83. The molecule has 0 spiro atoms. The minimum atomic E-state index is -0.360. The molecule has 0 radical (unpaired) electrons. The smallest absolute Gasteiger partial charge is 0.113 e. The SMILES string of the molecule is CCC(C)(C)N1CCCC(OCCF)CC1. The summed E-state index contributed by atoms with van der Waals surface area (Å²) in [5.74, 6) is 0. The van der Waals surface area contributed by atoms with Crippen LogP contribution in [0.1, 0.15) is 46.5 Å². The molecule has 96 valence electrons. The van der Waals surface area contributed by atoms with Gasteiger partial charge in [0.2, 0.25) is 0 Å². The molecular weight excluding hydrogens is 205 g/mol. The maximum absolute atomic E-state index is 12.0. The van der Waals surface area contributed by atoms with Crippen LogP contribution in [0.25, 0.3) is 0 Å². The molecule has 2 nitrogen and oxygen atoms in total. The van der Waals surface area contributed by atoms with Crippen LogP contribution < -0.4 is 0 Å². The van der Waals surface area contributed by atoms with Crippen LogP contribution in [0.15, 0.2) is 0 Å². The zero-order valence-corrected chi connectivity index (χ0v) is 11.0. The number of rotatable bonds is 5. The summed E-state index contributed by atoms with van der Waals surface area (Å²) >= 11 is 0. The summed E-state index contributed by atoms with van der Waals surface area (Å²) < 4.78 is 17.5. The number of alkyl halides is 1. The first-order valence-electron chi connectivity index (χ1n) is 6.52. The van der Waals surface area contributed by atoms with Gasteiger partial charge in [0.25, 0.3) is 0 Å². The molecule has 1 unspecified atom stereocenters. The quantitative estimate of drug-likeness (QED) is 0.721. The van der Waals surface area contributed by atoms with Crippen molar-refractivity contribution in [2.75, 3.05) is 26.4 Å². The lowest BCUT2D eigenvalue weighted by molar-refractivity contribution is 0.0319. The number of halogens is 1. The van der Waals surface area contributed by atoms with Crippen molar-refractivity contribution < 1.29 is 9.13 Å². The van der Waals surface area contributed by atoms with E-state index in [0.717, 1.165) is 25.9 Å². The van der Waals surface area contributed by atoms with Gasteiger partial charge in [-0.3, -0.25) is 4.90 Å². The highest BCUT2D eigenvalue weighted by Gasteiger charge is 2.27. The van der Waals surface area contributed by atoms with E-state index >= 15 is 0 Å². The van der Waals surface area contributed by atoms with Gasteiger partial charge in [-0.2, -0.15) is 0 Å². The summed E-state index contributed by atoms with van der Waals surface area (Å²) in [6.45, 7) is 8.98. The molecule has 1 aliphatic heterocycles. The second kappa shape index (κ2) is 6.55. The Morgan fingerprint density at radius 2 is 2.06 bits per heavy atom. The maximum Gasteiger partial charge on any atom is 0.113 e.